The summed E-state index contributed by atoms with van der Waals surface area (Å²) in [5, 5.41) is 14.5. The summed E-state index contributed by atoms with van der Waals surface area (Å²) in [6, 6.07) is 8.67. The summed E-state index contributed by atoms with van der Waals surface area (Å²) in [5.74, 6) is -0.0233. The second kappa shape index (κ2) is 7.33. The number of fused-ring (bicyclic) bond motifs is 6. The number of ketones is 1. The molecule has 3 aliphatic rings. The first-order valence-corrected chi connectivity index (χ1v) is 11.8. The number of hydrogen-bond donors (Lipinski definition) is 2. The lowest BCUT2D eigenvalue weighted by atomic mass is 9.81. The van der Waals surface area contributed by atoms with Crippen LogP contribution in [0.1, 0.15) is 59.9 Å². The number of carbonyl (C=O) groups excluding carboxylic acids is 2. The Morgan fingerprint density at radius 3 is 2.83 bits per heavy atom. The van der Waals surface area contributed by atoms with Crippen LogP contribution in [0.3, 0.4) is 0 Å². The minimum absolute atomic E-state index is 0.175. The van der Waals surface area contributed by atoms with E-state index in [4.69, 9.17) is 10.5 Å². The number of pyridine rings is 1. The summed E-state index contributed by atoms with van der Waals surface area (Å²) in [6.45, 7) is 5.82. The highest BCUT2D eigenvalue weighted by Crippen LogP contribution is 2.61. The van der Waals surface area contributed by atoms with Crippen LogP contribution in [0.2, 0.25) is 0 Å². The SMILES string of the molecule is Cc1nnc2c(C(=O)NC34C(=O)C5=C(N)CCC=C5C3(N=O)Oc3cc(C(C)C)ccc34)cccn12. The Labute approximate surface area is 206 Å². The van der Waals surface area contributed by atoms with Crippen molar-refractivity contribution in [1.29, 1.82) is 0 Å². The Morgan fingerprint density at radius 1 is 1.28 bits per heavy atom. The van der Waals surface area contributed by atoms with E-state index in [1.54, 1.807) is 47.9 Å². The van der Waals surface area contributed by atoms with Crippen molar-refractivity contribution in [3.63, 3.8) is 0 Å². The number of aromatic nitrogens is 3. The fourth-order valence-corrected chi connectivity index (χ4v) is 5.57. The van der Waals surface area contributed by atoms with Crippen LogP contribution in [0.25, 0.3) is 5.65 Å². The van der Waals surface area contributed by atoms with Crippen molar-refractivity contribution in [2.75, 3.05) is 0 Å². The van der Waals surface area contributed by atoms with Crippen LogP contribution in [0, 0.1) is 11.8 Å². The van der Waals surface area contributed by atoms with Crippen molar-refractivity contribution < 1.29 is 14.3 Å². The third kappa shape index (κ3) is 2.55. The minimum Gasteiger partial charge on any atom is -0.455 e. The van der Waals surface area contributed by atoms with Gasteiger partial charge >= 0.3 is 0 Å². The Kier molecular flexibility index (Phi) is 4.51. The molecule has 3 heterocycles. The molecule has 0 spiro atoms. The van der Waals surface area contributed by atoms with Gasteiger partial charge in [0.2, 0.25) is 11.3 Å². The number of benzene rings is 1. The first-order valence-electron chi connectivity index (χ1n) is 11.8. The average Bonchev–Trinajstić information content (AvgIpc) is 3.45. The van der Waals surface area contributed by atoms with Crippen LogP contribution in [0.5, 0.6) is 5.75 Å². The van der Waals surface area contributed by atoms with Crippen molar-refractivity contribution in [2.45, 2.75) is 50.8 Å². The van der Waals surface area contributed by atoms with Gasteiger partial charge in [0.1, 0.15) is 11.6 Å². The van der Waals surface area contributed by atoms with E-state index in [9.17, 15) is 14.5 Å². The highest BCUT2D eigenvalue weighted by molar-refractivity contribution is 6.17. The number of rotatable bonds is 4. The van der Waals surface area contributed by atoms with E-state index in [-0.39, 0.29) is 17.1 Å². The smallest absolute Gasteiger partial charge is 0.299 e. The zero-order chi connectivity index (χ0) is 25.4. The van der Waals surface area contributed by atoms with Crippen molar-refractivity contribution in [2.24, 2.45) is 10.9 Å². The van der Waals surface area contributed by atoms with E-state index in [0.717, 1.165) is 5.56 Å². The molecule has 36 heavy (non-hydrogen) atoms. The predicted octanol–water partition coefficient (Wildman–Crippen LogP) is 3.16. The van der Waals surface area contributed by atoms with Gasteiger partial charge in [0.25, 0.3) is 11.6 Å². The van der Waals surface area contributed by atoms with E-state index in [1.807, 2.05) is 19.9 Å². The van der Waals surface area contributed by atoms with Gasteiger partial charge in [-0.2, -0.15) is 0 Å². The molecule has 6 rings (SSSR count). The van der Waals surface area contributed by atoms with Gasteiger partial charge < -0.3 is 15.8 Å². The Hall–Kier alpha value is -4.34. The molecular weight excluding hydrogens is 460 g/mol. The van der Waals surface area contributed by atoms with Gasteiger partial charge in [-0.05, 0) is 54.6 Å². The zero-order valence-corrected chi connectivity index (χ0v) is 20.0. The topological polar surface area (TPSA) is 141 Å². The summed E-state index contributed by atoms with van der Waals surface area (Å²) in [7, 11) is 0. The van der Waals surface area contributed by atoms with Crippen LogP contribution in [-0.2, 0) is 10.3 Å². The molecule has 2 aliphatic carbocycles. The van der Waals surface area contributed by atoms with Gasteiger partial charge in [-0.15, -0.1) is 15.1 Å². The van der Waals surface area contributed by atoms with Gasteiger partial charge in [0.05, 0.1) is 5.56 Å². The normalized spacial score (nSPS) is 24.3. The second-order valence-electron chi connectivity index (χ2n) is 9.70. The van der Waals surface area contributed by atoms with Gasteiger partial charge in [0, 0.05) is 28.6 Å². The maximum absolute atomic E-state index is 14.2. The highest BCUT2D eigenvalue weighted by atomic mass is 16.5. The molecule has 2 atom stereocenters. The van der Waals surface area contributed by atoms with Gasteiger partial charge in [0.15, 0.2) is 5.65 Å². The van der Waals surface area contributed by atoms with Crippen molar-refractivity contribution in [1.82, 2.24) is 19.9 Å². The standard InChI is InChI=1S/C26H24N6O4/c1-13(2)15-9-10-17-20(12-15)36-26(31-35)18-7-4-8-19(27)21(18)22(33)25(17,26)28-24(34)16-6-5-11-32-14(3)29-30-23(16)32/h5-7,9-13H,4,8,27H2,1-3H3,(H,28,34). The number of nitrogens with zero attached hydrogens (tertiary/aromatic N) is 4. The quantitative estimate of drug-likeness (QED) is 0.542. The average molecular weight is 485 g/mol. The van der Waals surface area contributed by atoms with Crippen LogP contribution in [-0.4, -0.2) is 32.0 Å². The maximum Gasteiger partial charge on any atom is 0.299 e. The van der Waals surface area contributed by atoms with Crippen LogP contribution in [0.15, 0.2) is 64.6 Å². The van der Waals surface area contributed by atoms with Crippen molar-refractivity contribution in [3.8, 4) is 5.75 Å². The molecule has 0 bridgehead atoms. The Morgan fingerprint density at radius 2 is 2.08 bits per heavy atom. The molecule has 3 N–H and O–H groups in total. The number of nitroso groups, excluding NO2 is 1. The monoisotopic (exact) mass is 484 g/mol. The molecule has 2 aromatic heterocycles. The number of Topliss-reactive ketones (excluding diaryl/α,β-unsaturated/α-hetero) is 1. The molecule has 1 aromatic carbocycles. The van der Waals surface area contributed by atoms with E-state index in [2.05, 4.69) is 20.7 Å². The Bertz CT molecular complexity index is 1570. The third-order valence-electron chi connectivity index (χ3n) is 7.41. The molecule has 1 aliphatic heterocycles. The number of ether oxygens (including phenoxy) is 1. The number of hydrogen-bond acceptors (Lipinski definition) is 8. The molecular formula is C26H24N6O4. The van der Waals surface area contributed by atoms with E-state index in [1.165, 1.54) is 0 Å². The fourth-order valence-electron chi connectivity index (χ4n) is 5.57. The number of allylic oxidation sites excluding steroid dienone is 2. The summed E-state index contributed by atoms with van der Waals surface area (Å²) in [4.78, 5) is 40.8. The summed E-state index contributed by atoms with van der Waals surface area (Å²) >= 11 is 0. The lowest BCUT2D eigenvalue weighted by Gasteiger charge is -2.33. The van der Waals surface area contributed by atoms with Gasteiger partial charge in [-0.3, -0.25) is 14.0 Å². The number of nitrogens with one attached hydrogen (secondary N) is 1. The fraction of sp³-hybridized carbons (Fsp3) is 0.308. The van der Waals surface area contributed by atoms with E-state index in [0.29, 0.717) is 46.9 Å². The molecule has 1 fully saturated rings. The molecule has 10 heteroatoms. The number of aryl methyl sites for hydroxylation is 1. The first kappa shape index (κ1) is 22.1. The molecule has 182 valence electrons. The third-order valence-corrected chi connectivity index (χ3v) is 7.41. The Balaban J connectivity index is 1.60. The maximum atomic E-state index is 14.2. The molecule has 0 radical (unpaired) electrons. The lowest BCUT2D eigenvalue weighted by Crippen LogP contribution is -2.61. The van der Waals surface area contributed by atoms with Crippen LogP contribution >= 0.6 is 0 Å². The number of amides is 1. The summed E-state index contributed by atoms with van der Waals surface area (Å²) < 4.78 is 7.94. The highest BCUT2D eigenvalue weighted by Gasteiger charge is 2.76. The second-order valence-corrected chi connectivity index (χ2v) is 9.70. The molecule has 1 saturated carbocycles. The van der Waals surface area contributed by atoms with Gasteiger partial charge in [-0.1, -0.05) is 32.1 Å². The number of nitrogens with two attached hydrogens (primary N) is 1. The van der Waals surface area contributed by atoms with E-state index >= 15 is 0 Å². The van der Waals surface area contributed by atoms with E-state index < -0.39 is 23.0 Å². The molecule has 10 nitrogen and oxygen atoms in total. The van der Waals surface area contributed by atoms with Gasteiger partial charge in [-0.25, -0.2) is 0 Å². The molecule has 0 saturated heterocycles. The molecule has 2 unspecified atom stereocenters. The lowest BCUT2D eigenvalue weighted by molar-refractivity contribution is -0.123. The van der Waals surface area contributed by atoms with Crippen molar-refractivity contribution >= 4 is 17.3 Å². The van der Waals surface area contributed by atoms with Crippen molar-refractivity contribution in [3.05, 3.63) is 86.9 Å². The number of carbonyl (C=O) groups is 2. The predicted molar refractivity (Wildman–Crippen MR) is 130 cm³/mol. The van der Waals surface area contributed by atoms with Crippen LogP contribution in [0.4, 0.5) is 0 Å². The summed E-state index contributed by atoms with van der Waals surface area (Å²) in [6.07, 6.45) is 4.48. The zero-order valence-electron chi connectivity index (χ0n) is 20.0. The van der Waals surface area contributed by atoms with Crippen LogP contribution < -0.4 is 15.8 Å². The largest absolute Gasteiger partial charge is 0.455 e. The molecule has 1 amide bonds. The first-order chi connectivity index (χ1) is 17.2. The minimum atomic E-state index is -2.02. The summed E-state index contributed by atoms with van der Waals surface area (Å²) in [5.41, 5.74) is 5.01. The molecule has 3 aromatic rings.